The first-order valence-electron chi connectivity index (χ1n) is 5.77. The van der Waals surface area contributed by atoms with Crippen molar-refractivity contribution < 1.29 is 52.7 Å². The lowest BCUT2D eigenvalue weighted by atomic mass is 9.86. The fraction of sp³-hybridized carbons (Fsp3) is 0.500. The van der Waals surface area contributed by atoms with Gasteiger partial charge in [-0.15, -0.1) is 0 Å². The second kappa shape index (κ2) is 5.45. The van der Waals surface area contributed by atoms with Gasteiger partial charge in [0.25, 0.3) is 0 Å². The van der Waals surface area contributed by atoms with E-state index >= 15 is 0 Å². The molecule has 24 heavy (non-hydrogen) atoms. The zero-order valence-corrected chi connectivity index (χ0v) is 11.5. The van der Waals surface area contributed by atoms with Crippen LogP contribution in [0.3, 0.4) is 0 Å². The predicted molar refractivity (Wildman–Crippen MR) is 55.9 cm³/mol. The summed E-state index contributed by atoms with van der Waals surface area (Å²) >= 11 is 0. The smallest absolute Gasteiger partial charge is 0.166 e. The van der Waals surface area contributed by atoms with Crippen LogP contribution in [-0.4, -0.2) is 0 Å². The molecule has 0 saturated carbocycles. The minimum absolute atomic E-state index is 0.253. The third-order valence-electron chi connectivity index (χ3n) is 3.20. The molecule has 0 bridgehead atoms. The Morgan fingerprint density at radius 1 is 0.375 bits per heavy atom. The highest BCUT2D eigenvalue weighted by atomic mass is 19.4. The highest BCUT2D eigenvalue weighted by molar-refractivity contribution is 5.55. The van der Waals surface area contributed by atoms with Crippen molar-refractivity contribution in [3.63, 3.8) is 0 Å². The molecular formula is C12H6F12. The molecule has 1 aromatic rings. The average Bonchev–Trinajstić information content (AvgIpc) is 2.25. The summed E-state index contributed by atoms with van der Waals surface area (Å²) in [6.45, 7) is 0.506. The summed E-state index contributed by atoms with van der Waals surface area (Å²) < 4.78 is 154. The van der Waals surface area contributed by atoms with Gasteiger partial charge in [-0.3, -0.25) is 0 Å². The lowest BCUT2D eigenvalue weighted by Crippen LogP contribution is -2.29. The summed E-state index contributed by atoms with van der Waals surface area (Å²) in [6.07, 6.45) is -24.5. The molecule has 0 N–H and O–H groups in total. The summed E-state index contributed by atoms with van der Waals surface area (Å²) in [4.78, 5) is 0. The monoisotopic (exact) mass is 378 g/mol. The van der Waals surface area contributed by atoms with Crippen LogP contribution in [0.1, 0.15) is 33.4 Å². The van der Waals surface area contributed by atoms with Crippen LogP contribution in [0.4, 0.5) is 52.7 Å². The van der Waals surface area contributed by atoms with Gasteiger partial charge in [-0.05, 0) is 25.0 Å². The Morgan fingerprint density at radius 2 is 0.542 bits per heavy atom. The molecule has 0 aliphatic carbocycles. The first-order valence-corrected chi connectivity index (χ1v) is 5.77. The minimum atomic E-state index is -6.31. The van der Waals surface area contributed by atoms with E-state index in [9.17, 15) is 52.7 Å². The van der Waals surface area contributed by atoms with Gasteiger partial charge in [-0.2, -0.15) is 52.7 Å². The first kappa shape index (κ1) is 20.4. The quantitative estimate of drug-likeness (QED) is 0.460. The van der Waals surface area contributed by atoms with Crippen molar-refractivity contribution in [2.75, 3.05) is 0 Å². The lowest BCUT2D eigenvalue weighted by molar-refractivity contribution is -0.183. The van der Waals surface area contributed by atoms with Gasteiger partial charge in [-0.1, -0.05) is 0 Å². The zero-order valence-electron chi connectivity index (χ0n) is 11.5. The summed E-state index contributed by atoms with van der Waals surface area (Å²) in [5.41, 5.74) is -15.5. The minimum Gasteiger partial charge on any atom is -0.166 e. The van der Waals surface area contributed by atoms with Crippen LogP contribution in [0.2, 0.25) is 0 Å². The molecule has 0 nitrogen and oxygen atoms in total. The van der Waals surface area contributed by atoms with Crippen molar-refractivity contribution in [1.29, 1.82) is 0 Å². The summed E-state index contributed by atoms with van der Waals surface area (Å²) in [6, 6.07) is 0. The molecule has 0 aromatic heterocycles. The molecule has 0 fully saturated rings. The van der Waals surface area contributed by atoms with Crippen molar-refractivity contribution in [3.05, 3.63) is 33.4 Å². The molecule has 0 aliphatic rings. The molecule has 0 atom stereocenters. The van der Waals surface area contributed by atoms with Crippen LogP contribution in [0, 0.1) is 13.8 Å². The maximum Gasteiger partial charge on any atom is 0.417 e. The molecule has 0 spiro atoms. The van der Waals surface area contributed by atoms with E-state index in [0.29, 0.717) is 0 Å². The van der Waals surface area contributed by atoms with Crippen molar-refractivity contribution in [3.8, 4) is 0 Å². The van der Waals surface area contributed by atoms with Gasteiger partial charge in [-0.25, -0.2) is 0 Å². The normalized spacial score (nSPS) is 14.2. The Labute approximate surface area is 126 Å². The van der Waals surface area contributed by atoms with Gasteiger partial charge in [0.2, 0.25) is 0 Å². The number of halogens is 12. The maximum atomic E-state index is 12.9. The molecule has 1 rings (SSSR count). The number of benzene rings is 1. The third kappa shape index (κ3) is 3.56. The molecule has 0 radical (unpaired) electrons. The van der Waals surface area contributed by atoms with Crippen LogP contribution in [0.5, 0.6) is 0 Å². The topological polar surface area (TPSA) is 0 Å². The van der Waals surface area contributed by atoms with Gasteiger partial charge in [0.1, 0.15) is 0 Å². The number of hydrogen-bond donors (Lipinski definition) is 0. The SMILES string of the molecule is Cc1c(C)c(C(F)(F)F)c(C(F)(F)F)c(C(F)(F)F)c1C(F)(F)F. The molecule has 1 aromatic carbocycles. The van der Waals surface area contributed by atoms with Gasteiger partial charge in [0, 0.05) is 0 Å². The first-order chi connectivity index (χ1) is 10.3. The van der Waals surface area contributed by atoms with Crippen LogP contribution >= 0.6 is 0 Å². The van der Waals surface area contributed by atoms with Crippen LogP contribution < -0.4 is 0 Å². The van der Waals surface area contributed by atoms with Crippen molar-refractivity contribution in [1.82, 2.24) is 0 Å². The van der Waals surface area contributed by atoms with Crippen LogP contribution in [-0.2, 0) is 24.7 Å². The predicted octanol–water partition coefficient (Wildman–Crippen LogP) is 6.38. The highest BCUT2D eigenvalue weighted by Gasteiger charge is 2.56. The number of alkyl halides is 12. The van der Waals surface area contributed by atoms with Gasteiger partial charge in [0.15, 0.2) is 0 Å². The fourth-order valence-electron chi connectivity index (χ4n) is 2.28. The summed E-state index contributed by atoms with van der Waals surface area (Å²) in [5, 5.41) is 0. The second-order valence-corrected chi connectivity index (χ2v) is 4.74. The molecule has 0 saturated heterocycles. The highest BCUT2D eigenvalue weighted by Crippen LogP contribution is 2.53. The Morgan fingerprint density at radius 3 is 0.667 bits per heavy atom. The molecule has 12 heteroatoms. The van der Waals surface area contributed by atoms with E-state index in [1.165, 1.54) is 0 Å². The number of rotatable bonds is 0. The Hall–Kier alpha value is -1.62. The molecule has 138 valence electrons. The fourth-order valence-corrected chi connectivity index (χ4v) is 2.28. The zero-order chi connectivity index (χ0) is 19.5. The summed E-state index contributed by atoms with van der Waals surface area (Å²) in [5.74, 6) is 0. The standard InChI is InChI=1S/C12H6F12/c1-3-4(2)6(10(16,17)18)8(12(22,23)24)7(11(19,20)21)5(3)9(13,14)15/h1-2H3. The van der Waals surface area contributed by atoms with Crippen LogP contribution in [0.25, 0.3) is 0 Å². The molecule has 0 heterocycles. The molecule has 0 aliphatic heterocycles. The summed E-state index contributed by atoms with van der Waals surface area (Å²) in [7, 11) is 0. The lowest BCUT2D eigenvalue weighted by Gasteiger charge is -2.28. The van der Waals surface area contributed by atoms with Gasteiger partial charge >= 0.3 is 24.7 Å². The largest absolute Gasteiger partial charge is 0.417 e. The van der Waals surface area contributed by atoms with Crippen molar-refractivity contribution in [2.45, 2.75) is 38.6 Å². The van der Waals surface area contributed by atoms with E-state index in [2.05, 4.69) is 0 Å². The van der Waals surface area contributed by atoms with E-state index in [1.807, 2.05) is 0 Å². The van der Waals surface area contributed by atoms with E-state index in [1.54, 1.807) is 0 Å². The van der Waals surface area contributed by atoms with E-state index in [0.717, 1.165) is 0 Å². The van der Waals surface area contributed by atoms with Gasteiger partial charge in [0.05, 0.1) is 22.3 Å². The van der Waals surface area contributed by atoms with Crippen molar-refractivity contribution >= 4 is 0 Å². The maximum absolute atomic E-state index is 12.9. The molecule has 0 amide bonds. The van der Waals surface area contributed by atoms with E-state index in [-0.39, 0.29) is 13.8 Å². The Bertz CT molecular complexity index is 582. The molecule has 0 unspecified atom stereocenters. The van der Waals surface area contributed by atoms with Gasteiger partial charge < -0.3 is 0 Å². The molecular weight excluding hydrogens is 372 g/mol. The van der Waals surface area contributed by atoms with Crippen molar-refractivity contribution in [2.24, 2.45) is 0 Å². The third-order valence-corrected chi connectivity index (χ3v) is 3.20. The Kier molecular flexibility index (Phi) is 4.63. The Balaban J connectivity index is 4.34. The van der Waals surface area contributed by atoms with E-state index < -0.39 is 58.1 Å². The number of hydrogen-bond acceptors (Lipinski definition) is 0. The van der Waals surface area contributed by atoms with Crippen LogP contribution in [0.15, 0.2) is 0 Å². The van der Waals surface area contributed by atoms with E-state index in [4.69, 9.17) is 0 Å². The average molecular weight is 378 g/mol. The second-order valence-electron chi connectivity index (χ2n) is 4.74.